The van der Waals surface area contributed by atoms with Crippen LogP contribution in [0.2, 0.25) is 5.15 Å². The van der Waals surface area contributed by atoms with Crippen LogP contribution in [0.5, 0.6) is 0 Å². The number of nitrogens with two attached hydrogens (primary N) is 1. The van der Waals surface area contributed by atoms with Crippen LogP contribution in [0.25, 0.3) is 0 Å². The standard InChI is InChI=1S/C6H8ClN3O/c7-5-4(1-2-11)3-9-6(8)10-5/h3,11H,1-2H2,(H2,8,9,10). The van der Waals surface area contributed by atoms with Crippen molar-refractivity contribution in [3.8, 4) is 0 Å². The van der Waals surface area contributed by atoms with Crippen molar-refractivity contribution < 1.29 is 5.11 Å². The summed E-state index contributed by atoms with van der Waals surface area (Å²) in [4.78, 5) is 7.44. The minimum absolute atomic E-state index is 0.0347. The number of hydrogen-bond acceptors (Lipinski definition) is 4. The Hall–Kier alpha value is -0.870. The van der Waals surface area contributed by atoms with E-state index in [-0.39, 0.29) is 12.6 Å². The Morgan fingerprint density at radius 3 is 2.91 bits per heavy atom. The van der Waals surface area contributed by atoms with Gasteiger partial charge >= 0.3 is 0 Å². The minimum atomic E-state index is 0.0347. The number of hydrogen-bond donors (Lipinski definition) is 2. The van der Waals surface area contributed by atoms with Gasteiger partial charge in [0.1, 0.15) is 5.15 Å². The van der Waals surface area contributed by atoms with Crippen LogP contribution in [-0.2, 0) is 6.42 Å². The zero-order valence-corrected chi connectivity index (χ0v) is 6.54. The van der Waals surface area contributed by atoms with Crippen molar-refractivity contribution >= 4 is 17.5 Å². The van der Waals surface area contributed by atoms with Crippen LogP contribution in [-0.4, -0.2) is 21.7 Å². The molecule has 0 saturated heterocycles. The molecule has 0 radical (unpaired) electrons. The molecule has 0 spiro atoms. The van der Waals surface area contributed by atoms with E-state index in [0.717, 1.165) is 0 Å². The molecule has 0 aromatic carbocycles. The van der Waals surface area contributed by atoms with E-state index in [4.69, 9.17) is 22.4 Å². The molecule has 5 heteroatoms. The van der Waals surface area contributed by atoms with Crippen molar-refractivity contribution in [1.29, 1.82) is 0 Å². The van der Waals surface area contributed by atoms with Crippen LogP contribution < -0.4 is 5.73 Å². The van der Waals surface area contributed by atoms with Gasteiger partial charge in [0.25, 0.3) is 0 Å². The summed E-state index contributed by atoms with van der Waals surface area (Å²) in [5.41, 5.74) is 5.97. The predicted molar refractivity (Wildman–Crippen MR) is 42.2 cm³/mol. The first-order valence-corrected chi connectivity index (χ1v) is 3.49. The molecule has 60 valence electrons. The highest BCUT2D eigenvalue weighted by molar-refractivity contribution is 6.30. The van der Waals surface area contributed by atoms with Gasteiger partial charge < -0.3 is 10.8 Å². The molecule has 1 rings (SSSR count). The van der Waals surface area contributed by atoms with Crippen LogP contribution in [0.15, 0.2) is 6.20 Å². The monoisotopic (exact) mass is 173 g/mol. The van der Waals surface area contributed by atoms with E-state index < -0.39 is 0 Å². The Bertz CT molecular complexity index is 254. The number of aromatic nitrogens is 2. The second-order valence-corrected chi connectivity index (χ2v) is 2.38. The fraction of sp³-hybridized carbons (Fsp3) is 0.333. The third kappa shape index (κ3) is 2.03. The SMILES string of the molecule is Nc1ncc(CCO)c(Cl)n1. The summed E-state index contributed by atoms with van der Waals surface area (Å²) < 4.78 is 0. The summed E-state index contributed by atoms with van der Waals surface area (Å²) in [6.07, 6.45) is 1.97. The predicted octanol–water partition coefficient (Wildman–Crippen LogP) is 0.247. The third-order valence-corrected chi connectivity index (χ3v) is 1.54. The van der Waals surface area contributed by atoms with Crippen LogP contribution in [0.3, 0.4) is 0 Å². The zero-order chi connectivity index (χ0) is 8.27. The molecule has 0 unspecified atom stereocenters. The molecular formula is C6H8ClN3O. The van der Waals surface area contributed by atoms with E-state index in [0.29, 0.717) is 17.1 Å². The second-order valence-electron chi connectivity index (χ2n) is 2.02. The van der Waals surface area contributed by atoms with Gasteiger partial charge in [0.15, 0.2) is 0 Å². The summed E-state index contributed by atoms with van der Waals surface area (Å²) >= 11 is 5.67. The Labute approximate surface area is 69.0 Å². The second kappa shape index (κ2) is 3.50. The molecular weight excluding hydrogens is 166 g/mol. The first-order valence-electron chi connectivity index (χ1n) is 3.12. The zero-order valence-electron chi connectivity index (χ0n) is 5.79. The maximum absolute atomic E-state index is 8.57. The maximum atomic E-state index is 8.57. The number of aliphatic hydroxyl groups excluding tert-OH is 1. The van der Waals surface area contributed by atoms with Gasteiger partial charge in [0.2, 0.25) is 5.95 Å². The fourth-order valence-corrected chi connectivity index (χ4v) is 0.917. The third-order valence-electron chi connectivity index (χ3n) is 1.21. The van der Waals surface area contributed by atoms with Gasteiger partial charge in [-0.1, -0.05) is 11.6 Å². The number of halogens is 1. The smallest absolute Gasteiger partial charge is 0.221 e. The summed E-state index contributed by atoms with van der Waals surface area (Å²) in [6.45, 7) is 0.0347. The highest BCUT2D eigenvalue weighted by Gasteiger charge is 2.01. The highest BCUT2D eigenvalue weighted by atomic mass is 35.5. The Balaban J connectivity index is 2.90. The van der Waals surface area contributed by atoms with Crippen molar-refractivity contribution in [2.75, 3.05) is 12.3 Å². The normalized spacial score (nSPS) is 10.0. The van der Waals surface area contributed by atoms with E-state index in [9.17, 15) is 0 Å². The molecule has 0 aliphatic rings. The number of anilines is 1. The molecule has 0 fully saturated rings. The average molecular weight is 174 g/mol. The highest BCUT2D eigenvalue weighted by Crippen LogP contribution is 2.12. The first kappa shape index (κ1) is 8.23. The molecule has 3 N–H and O–H groups in total. The van der Waals surface area contributed by atoms with Crippen molar-refractivity contribution in [2.45, 2.75) is 6.42 Å². The van der Waals surface area contributed by atoms with Crippen LogP contribution in [0, 0.1) is 0 Å². The van der Waals surface area contributed by atoms with Crippen LogP contribution >= 0.6 is 11.6 Å². The molecule has 0 amide bonds. The molecule has 0 aliphatic carbocycles. The van der Waals surface area contributed by atoms with Gasteiger partial charge in [-0.3, -0.25) is 0 Å². The van der Waals surface area contributed by atoms with E-state index in [1.165, 1.54) is 6.20 Å². The minimum Gasteiger partial charge on any atom is -0.396 e. The molecule has 0 atom stereocenters. The van der Waals surface area contributed by atoms with Gasteiger partial charge in [0.05, 0.1) is 0 Å². The van der Waals surface area contributed by atoms with E-state index >= 15 is 0 Å². The van der Waals surface area contributed by atoms with Gasteiger partial charge in [-0.15, -0.1) is 0 Å². The lowest BCUT2D eigenvalue weighted by Gasteiger charge is -1.99. The van der Waals surface area contributed by atoms with Gasteiger partial charge in [0, 0.05) is 24.8 Å². The lowest BCUT2D eigenvalue weighted by atomic mass is 10.2. The number of aliphatic hydroxyl groups is 1. The van der Waals surface area contributed by atoms with Crippen molar-refractivity contribution in [3.05, 3.63) is 16.9 Å². The van der Waals surface area contributed by atoms with E-state index in [1.807, 2.05) is 0 Å². The topological polar surface area (TPSA) is 72.0 Å². The lowest BCUT2D eigenvalue weighted by molar-refractivity contribution is 0.299. The van der Waals surface area contributed by atoms with E-state index in [2.05, 4.69) is 9.97 Å². The van der Waals surface area contributed by atoms with Gasteiger partial charge in [-0.05, 0) is 0 Å². The first-order chi connectivity index (χ1) is 5.24. The van der Waals surface area contributed by atoms with Crippen molar-refractivity contribution in [2.24, 2.45) is 0 Å². The molecule has 1 aromatic heterocycles. The average Bonchev–Trinajstić information content (AvgIpc) is 1.95. The van der Waals surface area contributed by atoms with Crippen LogP contribution in [0.1, 0.15) is 5.56 Å². The fourth-order valence-electron chi connectivity index (χ4n) is 0.687. The van der Waals surface area contributed by atoms with Gasteiger partial charge in [-0.25, -0.2) is 9.97 Å². The summed E-state index contributed by atoms with van der Waals surface area (Å²) in [5.74, 6) is 0.150. The van der Waals surface area contributed by atoms with Gasteiger partial charge in [-0.2, -0.15) is 0 Å². The quantitative estimate of drug-likeness (QED) is 0.629. The van der Waals surface area contributed by atoms with Crippen LogP contribution in [0.4, 0.5) is 5.95 Å². The van der Waals surface area contributed by atoms with Crippen molar-refractivity contribution in [3.63, 3.8) is 0 Å². The summed E-state index contributed by atoms with van der Waals surface area (Å²) in [7, 11) is 0. The molecule has 1 heterocycles. The molecule has 0 saturated carbocycles. The Kier molecular flexibility index (Phi) is 2.62. The Morgan fingerprint density at radius 1 is 1.64 bits per heavy atom. The molecule has 11 heavy (non-hydrogen) atoms. The Morgan fingerprint density at radius 2 is 2.36 bits per heavy atom. The molecule has 1 aromatic rings. The summed E-state index contributed by atoms with van der Waals surface area (Å²) in [6, 6.07) is 0. The largest absolute Gasteiger partial charge is 0.396 e. The maximum Gasteiger partial charge on any atom is 0.221 e. The van der Waals surface area contributed by atoms with Crippen molar-refractivity contribution in [1.82, 2.24) is 9.97 Å². The number of nitrogens with zero attached hydrogens (tertiary/aromatic N) is 2. The number of rotatable bonds is 2. The molecule has 4 nitrogen and oxygen atoms in total. The molecule has 0 bridgehead atoms. The number of nitrogen functional groups attached to an aromatic ring is 1. The summed E-state index contributed by atoms with van der Waals surface area (Å²) in [5, 5.41) is 8.88. The van der Waals surface area contributed by atoms with E-state index in [1.54, 1.807) is 0 Å². The lowest BCUT2D eigenvalue weighted by Crippen LogP contribution is -1.99. The molecule has 0 aliphatic heterocycles.